The Morgan fingerprint density at radius 1 is 1.00 bits per heavy atom. The molecule has 0 spiro atoms. The van der Waals surface area contributed by atoms with Gasteiger partial charge < -0.3 is 15.8 Å². The minimum atomic E-state index is -2.87. The molecule has 0 aliphatic carbocycles. The summed E-state index contributed by atoms with van der Waals surface area (Å²) < 4.78 is 29.4. The fraction of sp³-hybridized carbons (Fsp3) is 0.111. The molecule has 5 nitrogen and oxygen atoms in total. The Kier molecular flexibility index (Phi) is 5.15. The minimum absolute atomic E-state index is 0.0873. The zero-order valence-electron chi connectivity index (χ0n) is 13.2. The summed E-state index contributed by atoms with van der Waals surface area (Å²) in [5.74, 6) is 0.730. The summed E-state index contributed by atoms with van der Waals surface area (Å²) in [6, 6.07) is 13.9. The third-order valence-electron chi connectivity index (χ3n) is 3.49. The molecule has 1 aromatic carbocycles. The van der Waals surface area contributed by atoms with Gasteiger partial charge in [-0.25, -0.2) is 4.98 Å². The lowest BCUT2D eigenvalue weighted by molar-refractivity contribution is -0.0498. The molecule has 3 aromatic rings. The zero-order chi connectivity index (χ0) is 17.6. The number of nitrogens with two attached hydrogens (primary N) is 1. The molecule has 0 fully saturated rings. The first-order valence-corrected chi connectivity index (χ1v) is 7.58. The number of halogens is 2. The van der Waals surface area contributed by atoms with E-state index in [1.807, 2.05) is 24.3 Å². The summed E-state index contributed by atoms with van der Waals surface area (Å²) in [5, 5.41) is 2.95. The Bertz CT molecular complexity index is 858. The Balaban J connectivity index is 2.03. The van der Waals surface area contributed by atoms with Crippen molar-refractivity contribution >= 4 is 5.82 Å². The minimum Gasteiger partial charge on any atom is -0.435 e. The number of nitrogens with zero attached hydrogens (tertiary/aromatic N) is 2. The molecule has 0 saturated heterocycles. The Labute approximate surface area is 143 Å². The van der Waals surface area contributed by atoms with Crippen LogP contribution in [0.3, 0.4) is 0 Å². The Morgan fingerprint density at radius 2 is 1.88 bits per heavy atom. The molecule has 0 bridgehead atoms. The summed E-state index contributed by atoms with van der Waals surface area (Å²) in [5.41, 5.74) is 8.56. The molecule has 3 N–H and O–H groups in total. The van der Waals surface area contributed by atoms with Crippen molar-refractivity contribution in [2.45, 2.75) is 6.61 Å². The molecular weight excluding hydrogens is 326 g/mol. The SMILES string of the molecule is NCNc1cc(-c2cccnc2-c2cccc(OC(F)F)c2)ccn1. The number of aromatic nitrogens is 2. The monoisotopic (exact) mass is 342 g/mol. The molecule has 25 heavy (non-hydrogen) atoms. The number of nitrogens with one attached hydrogen (secondary N) is 1. The van der Waals surface area contributed by atoms with E-state index in [0.717, 1.165) is 11.1 Å². The van der Waals surface area contributed by atoms with Crippen molar-refractivity contribution in [2.75, 3.05) is 12.0 Å². The molecule has 0 radical (unpaired) electrons. The average Bonchev–Trinajstić information content (AvgIpc) is 2.62. The first kappa shape index (κ1) is 16.8. The number of pyridine rings is 2. The first-order chi connectivity index (χ1) is 12.2. The van der Waals surface area contributed by atoms with Crippen LogP contribution in [-0.2, 0) is 0 Å². The summed E-state index contributed by atoms with van der Waals surface area (Å²) in [4.78, 5) is 8.60. The van der Waals surface area contributed by atoms with Gasteiger partial charge in [0.25, 0.3) is 0 Å². The molecule has 0 saturated carbocycles. The third kappa shape index (κ3) is 4.07. The fourth-order valence-corrected chi connectivity index (χ4v) is 2.49. The normalized spacial score (nSPS) is 10.7. The van der Waals surface area contributed by atoms with Crippen molar-refractivity contribution in [2.24, 2.45) is 5.73 Å². The van der Waals surface area contributed by atoms with E-state index in [-0.39, 0.29) is 12.4 Å². The van der Waals surface area contributed by atoms with Gasteiger partial charge >= 0.3 is 6.61 Å². The molecular formula is C18H16F2N4O. The lowest BCUT2D eigenvalue weighted by atomic mass is 10.00. The largest absolute Gasteiger partial charge is 0.435 e. The van der Waals surface area contributed by atoms with Crippen LogP contribution in [-0.4, -0.2) is 23.2 Å². The average molecular weight is 342 g/mol. The molecule has 0 aliphatic heterocycles. The van der Waals surface area contributed by atoms with Crippen LogP contribution in [0.2, 0.25) is 0 Å². The van der Waals surface area contributed by atoms with Crippen LogP contribution in [0.15, 0.2) is 60.9 Å². The number of rotatable bonds is 6. The maximum absolute atomic E-state index is 12.5. The van der Waals surface area contributed by atoms with E-state index in [1.165, 1.54) is 12.1 Å². The van der Waals surface area contributed by atoms with Gasteiger partial charge in [-0.1, -0.05) is 18.2 Å². The van der Waals surface area contributed by atoms with Crippen LogP contribution >= 0.6 is 0 Å². The number of benzene rings is 1. The molecule has 2 aromatic heterocycles. The maximum atomic E-state index is 12.5. The van der Waals surface area contributed by atoms with E-state index in [4.69, 9.17) is 5.73 Å². The van der Waals surface area contributed by atoms with Crippen molar-refractivity contribution in [1.29, 1.82) is 0 Å². The lowest BCUT2D eigenvalue weighted by Gasteiger charge is -2.11. The van der Waals surface area contributed by atoms with Gasteiger partial charge in [0.05, 0.1) is 12.4 Å². The highest BCUT2D eigenvalue weighted by Crippen LogP contribution is 2.32. The van der Waals surface area contributed by atoms with Gasteiger partial charge in [-0.05, 0) is 35.9 Å². The van der Waals surface area contributed by atoms with Crippen LogP contribution in [0.4, 0.5) is 14.6 Å². The smallest absolute Gasteiger partial charge is 0.387 e. The topological polar surface area (TPSA) is 73.1 Å². The highest BCUT2D eigenvalue weighted by atomic mass is 19.3. The van der Waals surface area contributed by atoms with E-state index >= 15 is 0 Å². The van der Waals surface area contributed by atoms with Gasteiger partial charge in [-0.2, -0.15) is 8.78 Å². The van der Waals surface area contributed by atoms with Gasteiger partial charge in [-0.3, -0.25) is 4.98 Å². The second kappa shape index (κ2) is 7.67. The highest BCUT2D eigenvalue weighted by molar-refractivity contribution is 5.81. The van der Waals surface area contributed by atoms with Crippen LogP contribution in [0, 0.1) is 0 Å². The van der Waals surface area contributed by atoms with Crippen molar-refractivity contribution in [3.63, 3.8) is 0 Å². The summed E-state index contributed by atoms with van der Waals surface area (Å²) >= 11 is 0. The number of hydrogen-bond donors (Lipinski definition) is 2. The first-order valence-electron chi connectivity index (χ1n) is 7.58. The number of ether oxygens (including phenoxy) is 1. The zero-order valence-corrected chi connectivity index (χ0v) is 13.2. The number of hydrogen-bond acceptors (Lipinski definition) is 5. The predicted octanol–water partition coefficient (Wildman–Crippen LogP) is 3.74. The van der Waals surface area contributed by atoms with Gasteiger partial charge in [0.15, 0.2) is 0 Å². The van der Waals surface area contributed by atoms with E-state index < -0.39 is 6.61 Å². The maximum Gasteiger partial charge on any atom is 0.387 e. The van der Waals surface area contributed by atoms with Crippen molar-refractivity contribution in [3.05, 3.63) is 60.9 Å². The van der Waals surface area contributed by atoms with Crippen LogP contribution in [0.25, 0.3) is 22.4 Å². The summed E-state index contributed by atoms with van der Waals surface area (Å²) in [6.07, 6.45) is 3.32. The molecule has 0 amide bonds. The molecule has 7 heteroatoms. The number of alkyl halides is 2. The van der Waals surface area contributed by atoms with Crippen molar-refractivity contribution in [3.8, 4) is 28.1 Å². The van der Waals surface area contributed by atoms with E-state index in [2.05, 4.69) is 20.0 Å². The quantitative estimate of drug-likeness (QED) is 0.668. The third-order valence-corrected chi connectivity index (χ3v) is 3.49. The van der Waals surface area contributed by atoms with Gasteiger partial charge in [0, 0.05) is 23.5 Å². The second-order valence-corrected chi connectivity index (χ2v) is 5.12. The van der Waals surface area contributed by atoms with E-state index in [1.54, 1.807) is 24.5 Å². The molecule has 3 rings (SSSR count). The van der Waals surface area contributed by atoms with Crippen LogP contribution < -0.4 is 15.8 Å². The van der Waals surface area contributed by atoms with Gasteiger partial charge in [0.1, 0.15) is 11.6 Å². The molecule has 0 aliphatic rings. The van der Waals surface area contributed by atoms with Crippen molar-refractivity contribution < 1.29 is 13.5 Å². The molecule has 2 heterocycles. The summed E-state index contributed by atoms with van der Waals surface area (Å²) in [6.45, 7) is -2.60. The Morgan fingerprint density at radius 3 is 2.68 bits per heavy atom. The number of anilines is 1. The van der Waals surface area contributed by atoms with Crippen molar-refractivity contribution in [1.82, 2.24) is 9.97 Å². The van der Waals surface area contributed by atoms with Gasteiger partial charge in [-0.15, -0.1) is 0 Å². The highest BCUT2D eigenvalue weighted by Gasteiger charge is 2.11. The summed E-state index contributed by atoms with van der Waals surface area (Å²) in [7, 11) is 0. The van der Waals surface area contributed by atoms with E-state index in [0.29, 0.717) is 17.1 Å². The standard InChI is InChI=1S/C18H16F2N4O/c19-18(20)25-14-4-1-3-13(9-14)17-15(5-2-7-23-17)12-6-8-22-16(10-12)24-11-21/h1-10,18H,11,21H2,(H,22,24). The van der Waals surface area contributed by atoms with E-state index in [9.17, 15) is 8.78 Å². The lowest BCUT2D eigenvalue weighted by Crippen LogP contribution is -2.11. The molecule has 128 valence electrons. The predicted molar refractivity (Wildman–Crippen MR) is 92.2 cm³/mol. The van der Waals surface area contributed by atoms with Crippen LogP contribution in [0.5, 0.6) is 5.75 Å². The van der Waals surface area contributed by atoms with Gasteiger partial charge in [0.2, 0.25) is 0 Å². The van der Waals surface area contributed by atoms with Crippen LogP contribution in [0.1, 0.15) is 0 Å². The molecule has 0 atom stereocenters. The molecule has 0 unspecified atom stereocenters. The Hall–Kier alpha value is -3.06. The second-order valence-electron chi connectivity index (χ2n) is 5.12. The fourth-order valence-electron chi connectivity index (χ4n) is 2.49.